The van der Waals surface area contributed by atoms with Crippen molar-refractivity contribution < 1.29 is 13.9 Å². The monoisotopic (exact) mass is 533 g/mol. The maximum Gasteiger partial charge on any atom is 0.197 e. The van der Waals surface area contributed by atoms with Crippen LogP contribution in [0.1, 0.15) is 30.9 Å². The average Bonchev–Trinajstić information content (AvgIpc) is 3.44. The Labute approximate surface area is 223 Å². The molecule has 6 nitrogen and oxygen atoms in total. The van der Waals surface area contributed by atoms with E-state index < -0.39 is 11.6 Å². The van der Waals surface area contributed by atoms with Crippen LogP contribution in [-0.4, -0.2) is 40.7 Å². The standard InChI is InChI=1S/C29H26ClF2N5O/c1-2-37-9-7-20(8-10-37)33-21-4-6-23-22(15-21)27(29(38)36-23)26(16-11-18(31)14-19(32)12-16)28-34-24-5-3-17(30)13-25(24)35-28/h3-6,11-15,20,33,36,38H,2,7-10H2,1H3/b28-26+. The van der Waals surface area contributed by atoms with Gasteiger partial charge in [-0.15, -0.1) is 0 Å². The summed E-state index contributed by atoms with van der Waals surface area (Å²) in [7, 11) is 0. The van der Waals surface area contributed by atoms with Crippen LogP contribution >= 0.6 is 11.6 Å². The Hall–Kier alpha value is -3.75. The summed E-state index contributed by atoms with van der Waals surface area (Å²) in [6.45, 7) is 5.31. The number of aromatic hydroxyl groups is 1. The fraction of sp³-hybridized carbons (Fsp3) is 0.241. The molecular weight excluding hydrogens is 508 g/mol. The molecule has 3 heterocycles. The second-order valence-electron chi connectivity index (χ2n) is 9.68. The number of H-pyrrole nitrogens is 1. The van der Waals surface area contributed by atoms with Crippen molar-refractivity contribution in [3.8, 4) is 5.88 Å². The van der Waals surface area contributed by atoms with E-state index in [9.17, 15) is 13.9 Å². The summed E-state index contributed by atoms with van der Waals surface area (Å²) >= 11 is 6.15. The number of nitrogens with zero attached hydrogens (tertiary/aromatic N) is 3. The van der Waals surface area contributed by atoms with Gasteiger partial charge in [-0.1, -0.05) is 18.5 Å². The predicted molar refractivity (Wildman–Crippen MR) is 145 cm³/mol. The average molecular weight is 534 g/mol. The number of piperidine rings is 1. The molecule has 1 aromatic heterocycles. The normalized spacial score (nSPS) is 17.3. The Morgan fingerprint density at radius 1 is 1.03 bits per heavy atom. The van der Waals surface area contributed by atoms with Crippen LogP contribution in [0.25, 0.3) is 16.5 Å². The van der Waals surface area contributed by atoms with E-state index >= 15 is 0 Å². The highest BCUT2D eigenvalue weighted by molar-refractivity contribution is 6.30. The minimum atomic E-state index is -0.739. The fourth-order valence-electron chi connectivity index (χ4n) is 5.28. The van der Waals surface area contributed by atoms with Gasteiger partial charge in [0.1, 0.15) is 11.6 Å². The molecule has 0 saturated carbocycles. The van der Waals surface area contributed by atoms with Gasteiger partial charge >= 0.3 is 0 Å². The summed E-state index contributed by atoms with van der Waals surface area (Å²) in [6, 6.07) is 14.5. The van der Waals surface area contributed by atoms with Crippen molar-refractivity contribution in [1.29, 1.82) is 0 Å². The number of halogens is 3. The van der Waals surface area contributed by atoms with Gasteiger partial charge in [0, 0.05) is 52.4 Å². The Bertz CT molecular complexity index is 1690. The Kier molecular flexibility index (Phi) is 6.37. The zero-order chi connectivity index (χ0) is 26.4. The maximum absolute atomic E-state index is 14.4. The van der Waals surface area contributed by atoms with Crippen molar-refractivity contribution >= 4 is 33.8 Å². The first-order valence-electron chi connectivity index (χ1n) is 12.7. The molecule has 0 radical (unpaired) electrons. The third-order valence-electron chi connectivity index (χ3n) is 7.20. The molecule has 194 valence electrons. The van der Waals surface area contributed by atoms with E-state index in [0.717, 1.165) is 44.2 Å². The molecule has 0 spiro atoms. The van der Waals surface area contributed by atoms with Crippen molar-refractivity contribution in [3.05, 3.63) is 98.9 Å². The second-order valence-corrected chi connectivity index (χ2v) is 10.1. The van der Waals surface area contributed by atoms with Gasteiger partial charge in [-0.05, 0) is 73.5 Å². The lowest BCUT2D eigenvalue weighted by atomic mass is 9.96. The number of benzene rings is 3. The minimum absolute atomic E-state index is 0.139. The number of hydrogen-bond donors (Lipinski definition) is 3. The number of fused-ring (bicyclic) bond motifs is 2. The summed E-state index contributed by atoms with van der Waals surface area (Å²) in [5.74, 6) is -1.39. The van der Waals surface area contributed by atoms with E-state index in [0.29, 0.717) is 43.8 Å². The molecule has 0 bridgehead atoms. The Morgan fingerprint density at radius 3 is 2.50 bits per heavy atom. The van der Waals surface area contributed by atoms with Crippen LogP contribution < -0.4 is 16.0 Å². The molecule has 0 amide bonds. The quantitative estimate of drug-likeness (QED) is 0.323. The predicted octanol–water partition coefficient (Wildman–Crippen LogP) is 5.37. The van der Waals surface area contributed by atoms with Crippen molar-refractivity contribution in [1.82, 2.24) is 9.88 Å². The molecular formula is C29H26ClF2N5O. The molecule has 1 saturated heterocycles. The molecule has 2 aliphatic heterocycles. The molecule has 3 aromatic carbocycles. The number of hydrogen-bond acceptors (Lipinski definition) is 5. The first-order chi connectivity index (χ1) is 18.4. The van der Waals surface area contributed by atoms with Gasteiger partial charge in [0.2, 0.25) is 0 Å². The van der Waals surface area contributed by atoms with Crippen molar-refractivity contribution in [2.45, 2.75) is 25.8 Å². The smallest absolute Gasteiger partial charge is 0.197 e. The summed E-state index contributed by atoms with van der Waals surface area (Å²) in [5.41, 5.74) is 2.48. The van der Waals surface area contributed by atoms with Gasteiger partial charge in [-0.2, -0.15) is 0 Å². The summed E-state index contributed by atoms with van der Waals surface area (Å²) in [5, 5.41) is 17.0. The van der Waals surface area contributed by atoms with E-state index in [1.165, 1.54) is 12.1 Å². The van der Waals surface area contributed by atoms with E-state index in [4.69, 9.17) is 11.6 Å². The minimum Gasteiger partial charge on any atom is -0.494 e. The molecule has 1 fully saturated rings. The Morgan fingerprint density at radius 2 is 1.76 bits per heavy atom. The Balaban J connectivity index is 1.50. The van der Waals surface area contributed by atoms with Gasteiger partial charge in [0.05, 0.1) is 16.3 Å². The fourth-order valence-corrected chi connectivity index (χ4v) is 5.45. The summed E-state index contributed by atoms with van der Waals surface area (Å²) in [4.78, 5) is 14.7. The molecule has 3 N–H and O–H groups in total. The number of rotatable bonds is 5. The molecule has 4 aromatic rings. The molecule has 9 heteroatoms. The lowest BCUT2D eigenvalue weighted by molar-refractivity contribution is 0.229. The number of nitrogens with one attached hydrogen (secondary N) is 2. The third kappa shape index (κ3) is 4.66. The number of likely N-dealkylation sites (tertiary alicyclic amines) is 1. The van der Waals surface area contributed by atoms with E-state index in [-0.39, 0.29) is 17.3 Å². The lowest BCUT2D eigenvalue weighted by Gasteiger charge is -2.32. The van der Waals surface area contributed by atoms with E-state index in [1.54, 1.807) is 18.2 Å². The van der Waals surface area contributed by atoms with Gasteiger partial charge in [-0.3, -0.25) is 0 Å². The van der Waals surface area contributed by atoms with Crippen LogP contribution in [0, 0.1) is 11.6 Å². The summed E-state index contributed by atoms with van der Waals surface area (Å²) < 4.78 is 28.8. The van der Waals surface area contributed by atoms with Crippen LogP contribution in [0.5, 0.6) is 5.88 Å². The van der Waals surface area contributed by atoms with E-state index in [1.807, 2.05) is 18.2 Å². The number of aromatic amines is 1. The number of anilines is 1. The SMILES string of the molecule is CCN1CCC(Nc2ccc3[nH]c(O)c(/C(=C4\N=c5ccc(Cl)cc5=N4)c4cc(F)cc(F)c4)c3c2)CC1. The second kappa shape index (κ2) is 9.85. The molecule has 38 heavy (non-hydrogen) atoms. The molecule has 0 atom stereocenters. The van der Waals surface area contributed by atoms with Crippen molar-refractivity contribution in [2.75, 3.05) is 25.0 Å². The van der Waals surface area contributed by atoms with Gasteiger partial charge in [0.15, 0.2) is 11.7 Å². The largest absolute Gasteiger partial charge is 0.494 e. The lowest BCUT2D eigenvalue weighted by Crippen LogP contribution is -2.38. The zero-order valence-corrected chi connectivity index (χ0v) is 21.5. The first kappa shape index (κ1) is 24.6. The van der Waals surface area contributed by atoms with Gasteiger partial charge in [0.25, 0.3) is 0 Å². The molecule has 0 unspecified atom stereocenters. The van der Waals surface area contributed by atoms with Crippen LogP contribution in [0.3, 0.4) is 0 Å². The van der Waals surface area contributed by atoms with Crippen LogP contribution in [-0.2, 0) is 0 Å². The van der Waals surface area contributed by atoms with Crippen molar-refractivity contribution in [3.63, 3.8) is 0 Å². The summed E-state index contributed by atoms with van der Waals surface area (Å²) in [6.07, 6.45) is 2.07. The molecule has 6 rings (SSSR count). The zero-order valence-electron chi connectivity index (χ0n) is 20.7. The van der Waals surface area contributed by atoms with E-state index in [2.05, 4.69) is 32.1 Å². The highest BCUT2D eigenvalue weighted by Crippen LogP contribution is 2.40. The highest BCUT2D eigenvalue weighted by Gasteiger charge is 2.24. The highest BCUT2D eigenvalue weighted by atomic mass is 35.5. The van der Waals surface area contributed by atoms with Crippen LogP contribution in [0.2, 0.25) is 5.02 Å². The topological polar surface area (TPSA) is 76.0 Å². The van der Waals surface area contributed by atoms with Crippen LogP contribution in [0.15, 0.2) is 70.4 Å². The van der Waals surface area contributed by atoms with Gasteiger partial charge < -0.3 is 20.3 Å². The first-order valence-corrected chi connectivity index (χ1v) is 13.0. The third-order valence-corrected chi connectivity index (χ3v) is 7.43. The number of aromatic nitrogens is 1. The molecule has 0 aliphatic carbocycles. The van der Waals surface area contributed by atoms with Gasteiger partial charge in [-0.25, -0.2) is 18.8 Å². The molecule has 2 aliphatic rings. The van der Waals surface area contributed by atoms with Crippen LogP contribution in [0.4, 0.5) is 14.5 Å². The maximum atomic E-state index is 14.4. The van der Waals surface area contributed by atoms with Crippen molar-refractivity contribution in [2.24, 2.45) is 9.98 Å².